The zero-order chi connectivity index (χ0) is 25.1. The number of amides is 1. The van der Waals surface area contributed by atoms with E-state index in [1.54, 1.807) is 19.1 Å². The lowest BCUT2D eigenvalue weighted by Crippen LogP contribution is -2.44. The summed E-state index contributed by atoms with van der Waals surface area (Å²) in [5, 5.41) is 16.8. The van der Waals surface area contributed by atoms with Crippen molar-refractivity contribution in [2.75, 3.05) is 18.9 Å². The van der Waals surface area contributed by atoms with Gasteiger partial charge in [0.15, 0.2) is 17.2 Å². The average molecular weight is 482 g/mol. The molecule has 182 valence electrons. The molecule has 0 saturated carbocycles. The lowest BCUT2D eigenvalue weighted by molar-refractivity contribution is -0.172. The summed E-state index contributed by atoms with van der Waals surface area (Å²) >= 11 is 0. The average Bonchev–Trinajstić information content (AvgIpc) is 3.20. The Kier molecular flexibility index (Phi) is 5.24. The third-order valence-electron chi connectivity index (χ3n) is 6.47. The van der Waals surface area contributed by atoms with E-state index in [-0.39, 0.29) is 53.2 Å². The number of aromatic nitrogens is 2. The molecule has 0 saturated heterocycles. The van der Waals surface area contributed by atoms with E-state index in [1.807, 2.05) is 6.92 Å². The van der Waals surface area contributed by atoms with Crippen LogP contribution in [-0.2, 0) is 28.3 Å². The standard InChI is InChI=1S/C24H23FN4O6/c1-4-24(33)14-7-17-18-11(9-29(17)21(30)13(14)10-34-22(24)31)6-12-16(28-18)8-15(25)20(19(12)27-5-2)35-23(32)26-3/h6-8,27,33H,4-5,9-10H2,1-3H3,(H,26,32)/t24-/m0/s1. The number of ether oxygens (including phenoxy) is 2. The van der Waals surface area contributed by atoms with E-state index in [0.717, 1.165) is 6.07 Å². The Labute approximate surface area is 198 Å². The van der Waals surface area contributed by atoms with Crippen LogP contribution in [-0.4, -0.2) is 40.3 Å². The number of cyclic esters (lactones) is 1. The van der Waals surface area contributed by atoms with E-state index in [9.17, 15) is 19.5 Å². The van der Waals surface area contributed by atoms with E-state index in [0.29, 0.717) is 28.9 Å². The van der Waals surface area contributed by atoms with Crippen molar-refractivity contribution in [3.05, 3.63) is 51.1 Å². The fraction of sp³-hybridized carbons (Fsp3) is 0.333. The lowest BCUT2D eigenvalue weighted by Gasteiger charge is -2.31. The van der Waals surface area contributed by atoms with Gasteiger partial charge >= 0.3 is 12.1 Å². The summed E-state index contributed by atoms with van der Waals surface area (Å²) in [6.45, 7) is 3.84. The maximum Gasteiger partial charge on any atom is 0.412 e. The molecule has 0 radical (unpaired) electrons. The number of hydrogen-bond acceptors (Lipinski definition) is 8. The molecule has 3 N–H and O–H groups in total. The number of halogens is 1. The number of aliphatic hydroxyl groups is 1. The van der Waals surface area contributed by atoms with Gasteiger partial charge in [0.2, 0.25) is 0 Å². The van der Waals surface area contributed by atoms with Crippen LogP contribution in [0.4, 0.5) is 14.9 Å². The first-order valence-electron chi connectivity index (χ1n) is 11.2. The number of rotatable bonds is 4. The van der Waals surface area contributed by atoms with Crippen LogP contribution in [0.5, 0.6) is 5.75 Å². The van der Waals surface area contributed by atoms with Gasteiger partial charge in [0.1, 0.15) is 6.61 Å². The van der Waals surface area contributed by atoms with Crippen molar-refractivity contribution < 1.29 is 28.6 Å². The Balaban J connectivity index is 1.73. The van der Waals surface area contributed by atoms with Crippen LogP contribution in [0.15, 0.2) is 23.0 Å². The minimum atomic E-state index is -1.93. The van der Waals surface area contributed by atoms with Crippen LogP contribution in [0.3, 0.4) is 0 Å². The minimum Gasteiger partial charge on any atom is -0.458 e. The zero-order valence-electron chi connectivity index (χ0n) is 19.3. The second kappa shape index (κ2) is 8.05. The summed E-state index contributed by atoms with van der Waals surface area (Å²) in [6, 6.07) is 4.52. The number of benzene rings is 1. The summed E-state index contributed by atoms with van der Waals surface area (Å²) in [5.74, 6) is -1.84. The highest BCUT2D eigenvalue weighted by atomic mass is 19.1. The van der Waals surface area contributed by atoms with Gasteiger partial charge in [0, 0.05) is 36.2 Å². The van der Waals surface area contributed by atoms with Crippen molar-refractivity contribution in [3.63, 3.8) is 0 Å². The quantitative estimate of drug-likeness (QED) is 0.378. The first-order valence-corrected chi connectivity index (χ1v) is 11.2. The summed E-state index contributed by atoms with van der Waals surface area (Å²) < 4.78 is 26.7. The normalized spacial score (nSPS) is 17.9. The van der Waals surface area contributed by atoms with Crippen LogP contribution < -0.4 is 20.9 Å². The fourth-order valence-corrected chi connectivity index (χ4v) is 4.67. The summed E-state index contributed by atoms with van der Waals surface area (Å²) in [5.41, 5.74) is 0.195. The van der Waals surface area contributed by atoms with Gasteiger partial charge in [-0.2, -0.15) is 0 Å². The number of pyridine rings is 2. The molecule has 1 aromatic carbocycles. The molecule has 35 heavy (non-hydrogen) atoms. The molecule has 2 aliphatic heterocycles. The predicted molar refractivity (Wildman–Crippen MR) is 124 cm³/mol. The van der Waals surface area contributed by atoms with Crippen LogP contribution in [0.1, 0.15) is 37.0 Å². The van der Waals surface area contributed by atoms with E-state index in [4.69, 9.17) is 9.47 Å². The number of anilines is 1. The maximum absolute atomic E-state index is 15.0. The molecule has 0 bridgehead atoms. The second-order valence-electron chi connectivity index (χ2n) is 8.40. The highest BCUT2D eigenvalue weighted by molar-refractivity contribution is 5.98. The number of carbonyl (C=O) groups excluding carboxylic acids is 2. The molecule has 2 aromatic heterocycles. The molecule has 5 rings (SSSR count). The van der Waals surface area contributed by atoms with Crippen molar-refractivity contribution in [1.29, 1.82) is 0 Å². The van der Waals surface area contributed by atoms with Crippen LogP contribution in [0.25, 0.3) is 22.3 Å². The molecule has 11 heteroatoms. The predicted octanol–water partition coefficient (Wildman–Crippen LogP) is 2.37. The second-order valence-corrected chi connectivity index (χ2v) is 8.40. The fourth-order valence-electron chi connectivity index (χ4n) is 4.67. The van der Waals surface area contributed by atoms with Crippen molar-refractivity contribution >= 4 is 28.7 Å². The van der Waals surface area contributed by atoms with Crippen LogP contribution in [0.2, 0.25) is 0 Å². The molecule has 0 fully saturated rings. The number of nitrogens with one attached hydrogen (secondary N) is 2. The molecule has 2 aliphatic rings. The molecule has 0 unspecified atom stereocenters. The van der Waals surface area contributed by atoms with Gasteiger partial charge in [0.25, 0.3) is 5.56 Å². The number of nitrogens with zero attached hydrogens (tertiary/aromatic N) is 2. The Morgan fingerprint density at radius 3 is 2.77 bits per heavy atom. The smallest absolute Gasteiger partial charge is 0.412 e. The summed E-state index contributed by atoms with van der Waals surface area (Å²) in [6.07, 6.45) is -0.785. The van der Waals surface area contributed by atoms with E-state index in [1.165, 1.54) is 11.6 Å². The van der Waals surface area contributed by atoms with E-state index < -0.39 is 23.5 Å². The van der Waals surface area contributed by atoms with Crippen molar-refractivity contribution in [2.45, 2.75) is 39.0 Å². The number of hydrogen-bond donors (Lipinski definition) is 3. The van der Waals surface area contributed by atoms with Gasteiger partial charge in [-0.3, -0.25) is 4.79 Å². The number of esters is 1. The molecule has 0 aliphatic carbocycles. The highest BCUT2D eigenvalue weighted by Gasteiger charge is 2.45. The van der Waals surface area contributed by atoms with Crippen molar-refractivity contribution in [2.24, 2.45) is 0 Å². The van der Waals surface area contributed by atoms with Gasteiger partial charge in [-0.25, -0.2) is 19.0 Å². The Hall–Kier alpha value is -3.99. The van der Waals surface area contributed by atoms with Crippen molar-refractivity contribution in [3.8, 4) is 17.1 Å². The van der Waals surface area contributed by atoms with Crippen molar-refractivity contribution in [1.82, 2.24) is 14.9 Å². The largest absolute Gasteiger partial charge is 0.458 e. The molecule has 10 nitrogen and oxygen atoms in total. The Bertz CT molecular complexity index is 1480. The van der Waals surface area contributed by atoms with Gasteiger partial charge in [0.05, 0.1) is 34.7 Å². The third-order valence-corrected chi connectivity index (χ3v) is 6.47. The highest BCUT2D eigenvalue weighted by Crippen LogP contribution is 2.41. The molecule has 3 aromatic rings. The lowest BCUT2D eigenvalue weighted by atomic mass is 9.86. The first-order chi connectivity index (χ1) is 16.7. The van der Waals surface area contributed by atoms with Gasteiger partial charge < -0.3 is 29.8 Å². The SMILES string of the molecule is CCNc1c(OC(=O)NC)c(F)cc2nc3c(cc12)Cn1c-3cc2c(c1=O)COC(=O)[C@]2(O)CC. The Morgan fingerprint density at radius 2 is 2.09 bits per heavy atom. The molecular formula is C24H23FN4O6. The molecule has 1 atom stereocenters. The topological polar surface area (TPSA) is 132 Å². The monoisotopic (exact) mass is 482 g/mol. The molecule has 0 spiro atoms. The maximum atomic E-state index is 15.0. The third kappa shape index (κ3) is 3.26. The molecule has 1 amide bonds. The van der Waals surface area contributed by atoms with Crippen LogP contribution in [0, 0.1) is 5.82 Å². The van der Waals surface area contributed by atoms with Gasteiger partial charge in [-0.05, 0) is 25.5 Å². The number of carbonyl (C=O) groups is 2. The van der Waals surface area contributed by atoms with E-state index in [2.05, 4.69) is 15.6 Å². The van der Waals surface area contributed by atoms with Gasteiger partial charge in [-0.15, -0.1) is 0 Å². The molecule has 4 heterocycles. The minimum absolute atomic E-state index is 0.0328. The van der Waals surface area contributed by atoms with Crippen LogP contribution >= 0.6 is 0 Å². The Morgan fingerprint density at radius 1 is 1.31 bits per heavy atom. The van der Waals surface area contributed by atoms with Gasteiger partial charge in [-0.1, -0.05) is 6.92 Å². The number of fused-ring (bicyclic) bond motifs is 5. The summed E-state index contributed by atoms with van der Waals surface area (Å²) in [7, 11) is 1.37. The molecular weight excluding hydrogens is 459 g/mol. The van der Waals surface area contributed by atoms with E-state index >= 15 is 4.39 Å². The first kappa shape index (κ1) is 22.8. The summed E-state index contributed by atoms with van der Waals surface area (Å²) in [4.78, 5) is 42.0. The zero-order valence-corrected chi connectivity index (χ0v) is 19.3.